The zero-order valence-electron chi connectivity index (χ0n) is 16.6. The molecular weight excluding hydrogens is 384 g/mol. The van der Waals surface area contributed by atoms with Crippen LogP contribution >= 0.6 is 0 Å². The fourth-order valence-corrected chi connectivity index (χ4v) is 5.74. The molecule has 6 heteroatoms. The largest absolute Gasteiger partial charge is 0.326 e. The second-order valence-electron chi connectivity index (χ2n) is 7.32. The van der Waals surface area contributed by atoms with Crippen molar-refractivity contribution in [3.8, 4) is 0 Å². The number of carbonyl (C=O) groups is 1. The Labute approximate surface area is 171 Å². The van der Waals surface area contributed by atoms with Gasteiger partial charge in [-0.1, -0.05) is 49.4 Å². The third-order valence-electron chi connectivity index (χ3n) is 5.45. The van der Waals surface area contributed by atoms with Gasteiger partial charge in [-0.2, -0.15) is 0 Å². The molecule has 4 rings (SSSR count). The highest BCUT2D eigenvalue weighted by molar-refractivity contribution is 7.93. The zero-order chi connectivity index (χ0) is 20.6. The van der Waals surface area contributed by atoms with Crippen molar-refractivity contribution in [3.63, 3.8) is 0 Å². The normalized spacial score (nSPS) is 14.3. The molecule has 150 valence electrons. The maximum absolute atomic E-state index is 13.0. The van der Waals surface area contributed by atoms with E-state index < -0.39 is 10.0 Å². The molecule has 0 spiro atoms. The van der Waals surface area contributed by atoms with Gasteiger partial charge in [0, 0.05) is 24.0 Å². The minimum atomic E-state index is -3.57. The highest BCUT2D eigenvalue weighted by atomic mass is 32.2. The standard InChI is InChI=1S/C23H24N2O3S/c1-3-17-9-4-8-16(2)23(17)24-21(26)14-7-15-25-19-12-5-10-18-11-6-13-20(22(18)19)29(25,27)28/h4-6,8-13H,3,7,14-15H2,1-2H3,(H,24,26). The summed E-state index contributed by atoms with van der Waals surface area (Å²) in [7, 11) is -3.57. The van der Waals surface area contributed by atoms with Crippen LogP contribution in [0.2, 0.25) is 0 Å². The summed E-state index contributed by atoms with van der Waals surface area (Å²) in [6.07, 6.45) is 1.55. The Balaban J connectivity index is 1.47. The first-order valence-corrected chi connectivity index (χ1v) is 11.3. The average Bonchev–Trinajstić information content (AvgIpc) is 2.93. The lowest BCUT2D eigenvalue weighted by atomic mass is 10.1. The quantitative estimate of drug-likeness (QED) is 0.646. The molecule has 1 N–H and O–H groups in total. The maximum atomic E-state index is 13.0. The molecule has 1 aliphatic heterocycles. The number of para-hydroxylation sites is 1. The van der Waals surface area contributed by atoms with Gasteiger partial charge in [0.1, 0.15) is 0 Å². The molecular formula is C23H24N2O3S. The molecule has 0 unspecified atom stereocenters. The Hall–Kier alpha value is -2.86. The van der Waals surface area contributed by atoms with Crippen LogP contribution in [0.5, 0.6) is 0 Å². The number of sulfonamides is 1. The molecule has 3 aromatic rings. The monoisotopic (exact) mass is 408 g/mol. The molecule has 0 fully saturated rings. The first kappa shape index (κ1) is 19.5. The van der Waals surface area contributed by atoms with Gasteiger partial charge in [-0.15, -0.1) is 0 Å². The van der Waals surface area contributed by atoms with Crippen molar-refractivity contribution in [1.82, 2.24) is 0 Å². The number of aryl methyl sites for hydroxylation is 2. The predicted molar refractivity (Wildman–Crippen MR) is 117 cm³/mol. The molecule has 0 bridgehead atoms. The number of carbonyl (C=O) groups excluding carboxylic acids is 1. The fourth-order valence-electron chi connectivity index (χ4n) is 3.99. The zero-order valence-corrected chi connectivity index (χ0v) is 17.4. The van der Waals surface area contributed by atoms with Gasteiger partial charge in [0.25, 0.3) is 10.0 Å². The average molecular weight is 409 g/mol. The number of hydrogen-bond acceptors (Lipinski definition) is 3. The lowest BCUT2D eigenvalue weighted by Crippen LogP contribution is -2.29. The van der Waals surface area contributed by atoms with Gasteiger partial charge in [0.05, 0.1) is 10.6 Å². The Kier molecular flexibility index (Phi) is 5.04. The Bertz CT molecular complexity index is 1200. The second kappa shape index (κ2) is 7.52. The summed E-state index contributed by atoms with van der Waals surface area (Å²) in [5, 5.41) is 4.69. The summed E-state index contributed by atoms with van der Waals surface area (Å²) in [6, 6.07) is 16.9. The third-order valence-corrected chi connectivity index (χ3v) is 7.31. The maximum Gasteiger partial charge on any atom is 0.265 e. The highest BCUT2D eigenvalue weighted by Gasteiger charge is 2.35. The molecule has 3 aromatic carbocycles. The van der Waals surface area contributed by atoms with Crippen molar-refractivity contribution in [3.05, 3.63) is 65.7 Å². The van der Waals surface area contributed by atoms with Crippen LogP contribution in [0, 0.1) is 6.92 Å². The SMILES string of the molecule is CCc1cccc(C)c1NC(=O)CCCN1c2cccc3cccc(c23)S1(=O)=O. The van der Waals surface area contributed by atoms with E-state index in [1.807, 2.05) is 49.4 Å². The molecule has 0 saturated heterocycles. The van der Waals surface area contributed by atoms with Crippen LogP contribution in [-0.2, 0) is 21.2 Å². The van der Waals surface area contributed by atoms with Gasteiger partial charge in [-0.25, -0.2) is 8.42 Å². The van der Waals surface area contributed by atoms with E-state index in [9.17, 15) is 13.2 Å². The van der Waals surface area contributed by atoms with Crippen molar-refractivity contribution in [2.75, 3.05) is 16.2 Å². The van der Waals surface area contributed by atoms with Crippen LogP contribution in [0.25, 0.3) is 10.8 Å². The Morgan fingerprint density at radius 3 is 2.52 bits per heavy atom. The number of benzene rings is 3. The van der Waals surface area contributed by atoms with E-state index in [4.69, 9.17) is 0 Å². The van der Waals surface area contributed by atoms with E-state index >= 15 is 0 Å². The van der Waals surface area contributed by atoms with Crippen LogP contribution < -0.4 is 9.62 Å². The van der Waals surface area contributed by atoms with E-state index in [0.29, 0.717) is 17.0 Å². The lowest BCUT2D eigenvalue weighted by Gasteiger charge is -2.19. The predicted octanol–water partition coefficient (Wildman–Crippen LogP) is 4.64. The molecule has 0 aliphatic carbocycles. The van der Waals surface area contributed by atoms with Gasteiger partial charge in [-0.05, 0) is 48.4 Å². The molecule has 5 nitrogen and oxygen atoms in total. The summed E-state index contributed by atoms with van der Waals surface area (Å²) < 4.78 is 27.4. The van der Waals surface area contributed by atoms with E-state index in [1.54, 1.807) is 12.1 Å². The topological polar surface area (TPSA) is 66.5 Å². The van der Waals surface area contributed by atoms with Gasteiger partial charge in [0.15, 0.2) is 0 Å². The molecule has 29 heavy (non-hydrogen) atoms. The van der Waals surface area contributed by atoms with Crippen molar-refractivity contribution in [2.24, 2.45) is 0 Å². The van der Waals surface area contributed by atoms with Crippen LogP contribution in [-0.4, -0.2) is 20.9 Å². The van der Waals surface area contributed by atoms with E-state index in [2.05, 4.69) is 12.2 Å². The molecule has 1 amide bonds. The molecule has 0 aromatic heterocycles. The van der Waals surface area contributed by atoms with Crippen molar-refractivity contribution in [1.29, 1.82) is 0 Å². The van der Waals surface area contributed by atoms with Crippen molar-refractivity contribution in [2.45, 2.75) is 38.0 Å². The summed E-state index contributed by atoms with van der Waals surface area (Å²) in [4.78, 5) is 12.8. The van der Waals surface area contributed by atoms with Gasteiger partial charge in [0.2, 0.25) is 5.91 Å². The Morgan fingerprint density at radius 1 is 1.03 bits per heavy atom. The van der Waals surface area contributed by atoms with Gasteiger partial charge in [-0.3, -0.25) is 9.10 Å². The molecule has 0 atom stereocenters. The van der Waals surface area contributed by atoms with Gasteiger partial charge < -0.3 is 5.32 Å². The number of nitrogens with zero attached hydrogens (tertiary/aromatic N) is 1. The summed E-state index contributed by atoms with van der Waals surface area (Å²) >= 11 is 0. The van der Waals surface area contributed by atoms with Crippen LogP contribution in [0.4, 0.5) is 11.4 Å². The minimum absolute atomic E-state index is 0.0960. The summed E-state index contributed by atoms with van der Waals surface area (Å²) in [6.45, 7) is 4.31. The number of hydrogen-bond donors (Lipinski definition) is 1. The molecule has 0 saturated carbocycles. The summed E-state index contributed by atoms with van der Waals surface area (Å²) in [5.41, 5.74) is 3.70. The minimum Gasteiger partial charge on any atom is -0.326 e. The number of amides is 1. The smallest absolute Gasteiger partial charge is 0.265 e. The number of nitrogens with one attached hydrogen (secondary N) is 1. The highest BCUT2D eigenvalue weighted by Crippen LogP contribution is 2.41. The van der Waals surface area contributed by atoms with Crippen LogP contribution in [0.15, 0.2) is 59.5 Å². The third kappa shape index (κ3) is 3.38. The first-order chi connectivity index (χ1) is 13.9. The van der Waals surface area contributed by atoms with Crippen LogP contribution in [0.3, 0.4) is 0 Å². The molecule has 1 aliphatic rings. The van der Waals surface area contributed by atoms with E-state index in [1.165, 1.54) is 4.31 Å². The van der Waals surface area contributed by atoms with E-state index in [0.717, 1.165) is 34.0 Å². The fraction of sp³-hybridized carbons (Fsp3) is 0.261. The number of rotatable bonds is 6. The van der Waals surface area contributed by atoms with Crippen molar-refractivity contribution < 1.29 is 13.2 Å². The van der Waals surface area contributed by atoms with Gasteiger partial charge >= 0.3 is 0 Å². The first-order valence-electron chi connectivity index (χ1n) is 9.86. The Morgan fingerprint density at radius 2 is 1.76 bits per heavy atom. The molecule has 0 radical (unpaired) electrons. The molecule has 1 heterocycles. The van der Waals surface area contributed by atoms with Crippen molar-refractivity contribution >= 4 is 38.1 Å². The lowest BCUT2D eigenvalue weighted by molar-refractivity contribution is -0.116. The number of anilines is 2. The van der Waals surface area contributed by atoms with E-state index in [-0.39, 0.29) is 18.9 Å². The second-order valence-corrected chi connectivity index (χ2v) is 9.15. The summed E-state index contributed by atoms with van der Waals surface area (Å²) in [5.74, 6) is -0.0960. The van der Waals surface area contributed by atoms with Crippen LogP contribution in [0.1, 0.15) is 30.9 Å².